The van der Waals surface area contributed by atoms with E-state index in [1.807, 2.05) is 0 Å². The Morgan fingerprint density at radius 3 is 0.846 bits per heavy atom. The largest absolute Gasteiger partial charge is 0.472 e. The van der Waals surface area contributed by atoms with Crippen LogP contribution in [-0.2, 0) is 65.4 Å². The summed E-state index contributed by atoms with van der Waals surface area (Å²) in [6, 6.07) is 0. The quantitative estimate of drug-likeness (QED) is 0.0169. The lowest BCUT2D eigenvalue weighted by molar-refractivity contribution is -0.161. The standard InChI is InChI=1S/C85H144O17P2/c1-5-9-13-17-21-25-29-33-35-37-39-41-43-47-49-53-57-61-65-69-82(87)95-75-80(101-84(89)71-67-63-59-55-51-45-31-27-23-19-15-11-7-3)77-99-103(91,92)97-73-79(86)74-98-104(93,94)100-78-81(102-85(90)72-68-64-60-56-52-46-32-28-24-20-16-12-8-4)76-96-83(88)70-66-62-58-54-50-48-44-42-40-38-36-34-30-26-22-18-14-10-6-2/h9,13,16,20-22,25-28,31-36,39-42,47,49,79-81,86H,5-8,10-12,14-15,17-19,23-24,29-30,37-38,43-46,48,50-78H2,1-4H3,(H,91,92)(H,93,94)/b13-9-,20-16-,25-21-,26-22-,31-27-,32-28-,35-33-,36-34-,41-39-,42-40-,49-47-. The van der Waals surface area contributed by atoms with Crippen molar-refractivity contribution in [1.29, 1.82) is 0 Å². The Bertz CT molecular complexity index is 2490. The monoisotopic (exact) mass is 1500 g/mol. The number of aliphatic hydroxyl groups is 1. The summed E-state index contributed by atoms with van der Waals surface area (Å²) in [5.41, 5.74) is 0. The number of esters is 4. The second-order valence-corrected chi connectivity index (χ2v) is 29.5. The number of ether oxygens (including phenoxy) is 4. The highest BCUT2D eigenvalue weighted by Crippen LogP contribution is 2.45. The Labute approximate surface area is 631 Å². The Morgan fingerprint density at radius 1 is 0.279 bits per heavy atom. The molecular weight excluding hydrogens is 1350 g/mol. The van der Waals surface area contributed by atoms with Crippen LogP contribution in [0.3, 0.4) is 0 Å². The van der Waals surface area contributed by atoms with Crippen LogP contribution in [0.5, 0.6) is 0 Å². The molecule has 19 heteroatoms. The number of hydrogen-bond acceptors (Lipinski definition) is 15. The van der Waals surface area contributed by atoms with Crippen molar-refractivity contribution >= 4 is 39.5 Å². The van der Waals surface area contributed by atoms with Crippen molar-refractivity contribution in [1.82, 2.24) is 0 Å². The maximum Gasteiger partial charge on any atom is 0.472 e. The van der Waals surface area contributed by atoms with Gasteiger partial charge >= 0.3 is 39.5 Å². The van der Waals surface area contributed by atoms with E-state index in [2.05, 4.69) is 161 Å². The molecule has 0 spiro atoms. The van der Waals surface area contributed by atoms with Crippen LogP contribution in [0.2, 0.25) is 0 Å². The third kappa shape index (κ3) is 75.4. The molecule has 17 nitrogen and oxygen atoms in total. The van der Waals surface area contributed by atoms with Crippen molar-refractivity contribution in [3.63, 3.8) is 0 Å². The lowest BCUT2D eigenvalue weighted by Crippen LogP contribution is -2.30. The van der Waals surface area contributed by atoms with Crippen molar-refractivity contribution < 1.29 is 80.2 Å². The van der Waals surface area contributed by atoms with Crippen molar-refractivity contribution in [2.75, 3.05) is 39.6 Å². The zero-order chi connectivity index (χ0) is 76.0. The minimum atomic E-state index is -4.99. The SMILES string of the molecule is CC/C=C\C/C=C\C/C=C\C/C=C\C/C=C\CCCCCC(=O)OCC(COP(=O)(O)OCC(O)COP(=O)(O)OCC(COC(=O)CCCCCCCC/C=C\C/C=C\C/C=C\CCCCC)OC(=O)CCCCCCC/C=C\C/C=C\CCC)OC(=O)CCCCCCC/C=C\CCCCCC. The highest BCUT2D eigenvalue weighted by atomic mass is 31.2. The lowest BCUT2D eigenvalue weighted by atomic mass is 10.1. The molecule has 0 bridgehead atoms. The van der Waals surface area contributed by atoms with Crippen molar-refractivity contribution in [3.05, 3.63) is 134 Å². The van der Waals surface area contributed by atoms with Gasteiger partial charge in [-0.15, -0.1) is 0 Å². The van der Waals surface area contributed by atoms with Gasteiger partial charge in [-0.2, -0.15) is 0 Å². The number of allylic oxidation sites excluding steroid dienone is 22. The molecule has 0 aliphatic rings. The molecule has 3 N–H and O–H groups in total. The maximum atomic E-state index is 13.1. The van der Waals surface area contributed by atoms with E-state index in [1.54, 1.807) is 0 Å². The first-order valence-electron chi connectivity index (χ1n) is 40.4. The topological polar surface area (TPSA) is 237 Å². The zero-order valence-electron chi connectivity index (χ0n) is 65.2. The molecule has 0 amide bonds. The van der Waals surface area contributed by atoms with Gasteiger partial charge in [0.05, 0.1) is 26.4 Å². The van der Waals surface area contributed by atoms with Crippen LogP contribution in [0, 0.1) is 0 Å². The average molecular weight is 1500 g/mol. The summed E-state index contributed by atoms with van der Waals surface area (Å²) in [5, 5.41) is 10.6. The van der Waals surface area contributed by atoms with Gasteiger partial charge in [0.2, 0.25) is 0 Å². The molecule has 0 saturated carbocycles. The third-order valence-corrected chi connectivity index (χ3v) is 18.5. The van der Waals surface area contributed by atoms with Crippen LogP contribution < -0.4 is 0 Å². The second kappa shape index (κ2) is 76.4. The molecule has 0 aromatic heterocycles. The van der Waals surface area contributed by atoms with Gasteiger partial charge < -0.3 is 33.8 Å². The average Bonchev–Trinajstić information content (AvgIpc) is 0.913. The number of phosphoric ester groups is 2. The van der Waals surface area contributed by atoms with Gasteiger partial charge in [-0.05, 0) is 161 Å². The van der Waals surface area contributed by atoms with Gasteiger partial charge in [0.1, 0.15) is 19.3 Å². The fraction of sp³-hybridized carbons (Fsp3) is 0.694. The highest BCUT2D eigenvalue weighted by molar-refractivity contribution is 7.47. The number of unbranched alkanes of at least 4 members (excludes halogenated alkanes) is 27. The molecule has 0 saturated heterocycles. The Hall–Kier alpha value is -4.80. The summed E-state index contributed by atoms with van der Waals surface area (Å²) in [5.74, 6) is -2.25. The molecule has 0 aromatic rings. The third-order valence-electron chi connectivity index (χ3n) is 16.5. The first-order valence-corrected chi connectivity index (χ1v) is 43.4. The van der Waals surface area contributed by atoms with E-state index >= 15 is 0 Å². The Balaban J connectivity index is 5.38. The maximum absolute atomic E-state index is 13.1. The minimum Gasteiger partial charge on any atom is -0.462 e. The predicted molar refractivity (Wildman–Crippen MR) is 427 cm³/mol. The van der Waals surface area contributed by atoms with Gasteiger partial charge in [0.25, 0.3) is 0 Å². The summed E-state index contributed by atoms with van der Waals surface area (Å²) in [6.07, 6.45) is 85.7. The first-order chi connectivity index (χ1) is 50.7. The summed E-state index contributed by atoms with van der Waals surface area (Å²) < 4.78 is 68.6. The molecule has 5 unspecified atom stereocenters. The summed E-state index contributed by atoms with van der Waals surface area (Å²) in [6.45, 7) is 4.59. The van der Waals surface area contributed by atoms with Gasteiger partial charge in [-0.1, -0.05) is 271 Å². The number of hydrogen-bond donors (Lipinski definition) is 3. The molecule has 0 aromatic carbocycles. The van der Waals surface area contributed by atoms with Gasteiger partial charge in [0, 0.05) is 25.7 Å². The molecular formula is C85H144O17P2. The highest BCUT2D eigenvalue weighted by Gasteiger charge is 2.30. The van der Waals surface area contributed by atoms with E-state index in [0.717, 1.165) is 199 Å². The summed E-state index contributed by atoms with van der Waals surface area (Å²) in [4.78, 5) is 73.0. The van der Waals surface area contributed by atoms with Crippen LogP contribution in [0.15, 0.2) is 134 Å². The molecule has 0 radical (unpaired) electrons. The fourth-order valence-corrected chi connectivity index (χ4v) is 12.0. The smallest absolute Gasteiger partial charge is 0.462 e. The van der Waals surface area contributed by atoms with Crippen molar-refractivity contribution in [2.45, 2.75) is 341 Å². The predicted octanol–water partition coefficient (Wildman–Crippen LogP) is 23.7. The molecule has 0 aliphatic carbocycles. The van der Waals surface area contributed by atoms with Crippen LogP contribution in [0.4, 0.5) is 0 Å². The van der Waals surface area contributed by atoms with E-state index in [0.29, 0.717) is 25.7 Å². The minimum absolute atomic E-state index is 0.0724. The number of phosphoric acid groups is 2. The van der Waals surface area contributed by atoms with Gasteiger partial charge in [-0.25, -0.2) is 9.13 Å². The number of carbonyl (C=O) groups is 4. The van der Waals surface area contributed by atoms with Crippen LogP contribution >= 0.6 is 15.6 Å². The van der Waals surface area contributed by atoms with Gasteiger partial charge in [-0.3, -0.25) is 37.3 Å². The molecule has 0 aliphatic heterocycles. The van der Waals surface area contributed by atoms with E-state index in [9.17, 15) is 43.2 Å². The summed E-state index contributed by atoms with van der Waals surface area (Å²) in [7, 11) is -9.98. The van der Waals surface area contributed by atoms with E-state index < -0.39 is 97.5 Å². The summed E-state index contributed by atoms with van der Waals surface area (Å²) >= 11 is 0. The first kappa shape index (κ1) is 99.2. The number of aliphatic hydroxyl groups excluding tert-OH is 1. The Kier molecular flexibility index (Phi) is 72.9. The fourth-order valence-electron chi connectivity index (χ4n) is 10.4. The zero-order valence-corrected chi connectivity index (χ0v) is 66.9. The molecule has 596 valence electrons. The van der Waals surface area contributed by atoms with Crippen LogP contribution in [-0.4, -0.2) is 96.7 Å². The molecule has 0 heterocycles. The van der Waals surface area contributed by atoms with E-state index in [1.165, 1.54) is 44.9 Å². The molecule has 0 rings (SSSR count). The molecule has 104 heavy (non-hydrogen) atoms. The van der Waals surface area contributed by atoms with E-state index in [-0.39, 0.29) is 25.7 Å². The number of rotatable bonds is 75. The lowest BCUT2D eigenvalue weighted by Gasteiger charge is -2.21. The van der Waals surface area contributed by atoms with Gasteiger partial charge in [0.15, 0.2) is 12.2 Å². The number of carbonyl (C=O) groups excluding carboxylic acids is 4. The Morgan fingerprint density at radius 2 is 0.519 bits per heavy atom. The molecule has 0 fully saturated rings. The second-order valence-electron chi connectivity index (χ2n) is 26.6. The molecule has 5 atom stereocenters. The van der Waals surface area contributed by atoms with Crippen molar-refractivity contribution in [3.8, 4) is 0 Å². The van der Waals surface area contributed by atoms with E-state index in [4.69, 9.17) is 37.0 Å². The van der Waals surface area contributed by atoms with Crippen LogP contribution in [0.1, 0.15) is 323 Å². The van der Waals surface area contributed by atoms with Crippen LogP contribution in [0.25, 0.3) is 0 Å². The normalized spacial score (nSPS) is 14.6. The van der Waals surface area contributed by atoms with Crippen molar-refractivity contribution in [2.24, 2.45) is 0 Å².